The Morgan fingerprint density at radius 3 is 2.27 bits per heavy atom. The smallest absolute Gasteiger partial charge is 0.229 e. The largest absolute Gasteiger partial charge is 0.497 e. The molecule has 1 aliphatic heterocycles. The maximum atomic E-state index is 10.3. The molecule has 3 rings (SSSR count). The van der Waals surface area contributed by atoms with Crippen LogP contribution in [-0.2, 0) is 4.74 Å². The molecule has 1 aliphatic rings. The van der Waals surface area contributed by atoms with Gasteiger partial charge in [0.05, 0.1) is 20.3 Å². The number of nitrogen functional groups attached to an aromatic ring is 1. The van der Waals surface area contributed by atoms with Gasteiger partial charge in [0.25, 0.3) is 0 Å². The summed E-state index contributed by atoms with van der Waals surface area (Å²) in [5, 5.41) is 30.3. The van der Waals surface area contributed by atoms with Crippen LogP contribution in [0.1, 0.15) is 18.1 Å². The maximum Gasteiger partial charge on any atom is 0.229 e. The fourth-order valence-electron chi connectivity index (χ4n) is 3.14. The molecule has 0 bridgehead atoms. The van der Waals surface area contributed by atoms with Crippen molar-refractivity contribution >= 4 is 17.8 Å². The number of ether oxygens (including phenoxy) is 4. The Hall–Kier alpha value is -2.78. The minimum atomic E-state index is -1.45. The minimum Gasteiger partial charge on any atom is -0.497 e. The molecule has 0 saturated carbocycles. The molecule has 162 valence electrons. The van der Waals surface area contributed by atoms with Gasteiger partial charge in [-0.05, 0) is 30.7 Å². The summed E-state index contributed by atoms with van der Waals surface area (Å²) >= 11 is 0. The second-order valence-corrected chi connectivity index (χ2v) is 7.05. The van der Waals surface area contributed by atoms with E-state index in [2.05, 4.69) is 0 Å². The number of anilines is 1. The van der Waals surface area contributed by atoms with E-state index in [1.54, 1.807) is 37.3 Å². The van der Waals surface area contributed by atoms with Crippen LogP contribution in [0.3, 0.4) is 0 Å². The first-order valence-electron chi connectivity index (χ1n) is 9.50. The molecule has 0 radical (unpaired) electrons. The summed E-state index contributed by atoms with van der Waals surface area (Å²) in [6, 6.07) is 10.7. The highest BCUT2D eigenvalue weighted by Gasteiger charge is 2.43. The molecule has 0 aliphatic carbocycles. The summed E-state index contributed by atoms with van der Waals surface area (Å²) in [5.74, 6) is 1.20. The molecule has 30 heavy (non-hydrogen) atoms. The molecule has 0 aromatic heterocycles. The topological polar surface area (TPSA) is 124 Å². The minimum absolute atomic E-state index is 0.296. The Kier molecular flexibility index (Phi) is 6.84. The summed E-state index contributed by atoms with van der Waals surface area (Å²) in [7, 11) is 3.02. The van der Waals surface area contributed by atoms with Crippen molar-refractivity contribution in [1.82, 2.24) is 0 Å². The second-order valence-electron chi connectivity index (χ2n) is 7.05. The third-order valence-corrected chi connectivity index (χ3v) is 4.95. The van der Waals surface area contributed by atoms with Gasteiger partial charge in [-0.15, -0.1) is 0 Å². The van der Waals surface area contributed by atoms with E-state index in [0.29, 0.717) is 28.5 Å². The summed E-state index contributed by atoms with van der Waals surface area (Å²) in [6.45, 7) is 1.59. The van der Waals surface area contributed by atoms with E-state index in [4.69, 9.17) is 24.7 Å². The Balaban J connectivity index is 1.96. The quantitative estimate of drug-likeness (QED) is 0.413. The average molecular weight is 417 g/mol. The van der Waals surface area contributed by atoms with Gasteiger partial charge in [0.2, 0.25) is 6.29 Å². The van der Waals surface area contributed by atoms with Gasteiger partial charge in [0, 0.05) is 17.3 Å². The van der Waals surface area contributed by atoms with Crippen LogP contribution in [0.4, 0.5) is 5.69 Å². The molecule has 1 heterocycles. The van der Waals surface area contributed by atoms with Gasteiger partial charge in [-0.2, -0.15) is 0 Å². The SMILES string of the molecule is COc1cc(/C=C/c2ccc(N)cc2)c(OC2OC(C)[C@@H](O)C(O)[C@H]2O)c(OC)c1. The van der Waals surface area contributed by atoms with Crippen molar-refractivity contribution in [3.63, 3.8) is 0 Å². The van der Waals surface area contributed by atoms with Crippen LogP contribution >= 0.6 is 0 Å². The summed E-state index contributed by atoms with van der Waals surface area (Å²) in [4.78, 5) is 0. The predicted octanol–water partition coefficient (Wildman–Crippen LogP) is 1.66. The van der Waals surface area contributed by atoms with Gasteiger partial charge >= 0.3 is 0 Å². The number of rotatable bonds is 6. The highest BCUT2D eigenvalue weighted by atomic mass is 16.7. The van der Waals surface area contributed by atoms with Crippen molar-refractivity contribution in [3.8, 4) is 17.2 Å². The van der Waals surface area contributed by atoms with E-state index < -0.39 is 30.7 Å². The maximum absolute atomic E-state index is 10.3. The van der Waals surface area contributed by atoms with Crippen LogP contribution in [0.2, 0.25) is 0 Å². The van der Waals surface area contributed by atoms with Crippen LogP contribution in [0.15, 0.2) is 36.4 Å². The molecule has 3 unspecified atom stereocenters. The molecule has 2 aromatic rings. The molecule has 2 aromatic carbocycles. The van der Waals surface area contributed by atoms with Gasteiger partial charge in [0.15, 0.2) is 11.5 Å². The number of aliphatic hydroxyl groups excluding tert-OH is 3. The summed E-state index contributed by atoms with van der Waals surface area (Å²) in [6.07, 6.45) is -2.35. The molecule has 5 N–H and O–H groups in total. The van der Waals surface area contributed by atoms with Gasteiger partial charge in [0.1, 0.15) is 24.1 Å². The third kappa shape index (κ3) is 4.68. The van der Waals surface area contributed by atoms with Gasteiger partial charge in [-0.1, -0.05) is 24.3 Å². The first kappa shape index (κ1) is 21.9. The lowest BCUT2D eigenvalue weighted by atomic mass is 10.00. The molecule has 0 spiro atoms. The van der Waals surface area contributed by atoms with Crippen molar-refractivity contribution in [2.24, 2.45) is 0 Å². The standard InChI is InChI=1S/C22H27NO7/c1-12-18(24)19(25)20(26)22(29-12)30-21-14(10-16(27-2)11-17(21)28-3)7-4-13-5-8-15(23)9-6-13/h4-12,18-20,22,24-26H,23H2,1-3H3/b7-4+/t12?,18-,19?,20-,22?/m1/s1. The zero-order chi connectivity index (χ0) is 21.8. The average Bonchev–Trinajstić information content (AvgIpc) is 2.75. The monoisotopic (exact) mass is 417 g/mol. The van der Waals surface area contributed by atoms with Crippen LogP contribution in [0.5, 0.6) is 17.2 Å². The predicted molar refractivity (Wildman–Crippen MR) is 112 cm³/mol. The van der Waals surface area contributed by atoms with Crippen molar-refractivity contribution in [1.29, 1.82) is 0 Å². The number of methoxy groups -OCH3 is 2. The fourth-order valence-corrected chi connectivity index (χ4v) is 3.14. The van der Waals surface area contributed by atoms with Crippen LogP contribution in [-0.4, -0.2) is 60.2 Å². The zero-order valence-corrected chi connectivity index (χ0v) is 17.1. The molecule has 0 amide bonds. The van der Waals surface area contributed by atoms with E-state index in [0.717, 1.165) is 5.56 Å². The fraction of sp³-hybridized carbons (Fsp3) is 0.364. The van der Waals surface area contributed by atoms with Gasteiger partial charge < -0.3 is 40.0 Å². The molecular formula is C22H27NO7. The lowest BCUT2D eigenvalue weighted by Crippen LogP contribution is -2.58. The highest BCUT2D eigenvalue weighted by molar-refractivity contribution is 5.75. The zero-order valence-electron chi connectivity index (χ0n) is 17.1. The Morgan fingerprint density at radius 1 is 0.933 bits per heavy atom. The normalized spacial score (nSPS) is 26.5. The van der Waals surface area contributed by atoms with Crippen LogP contribution in [0, 0.1) is 0 Å². The van der Waals surface area contributed by atoms with E-state index in [1.165, 1.54) is 14.2 Å². The first-order valence-corrected chi connectivity index (χ1v) is 9.50. The van der Waals surface area contributed by atoms with Gasteiger partial charge in [-0.25, -0.2) is 0 Å². The molecule has 8 nitrogen and oxygen atoms in total. The Bertz CT molecular complexity index is 884. The molecule has 1 saturated heterocycles. The van der Waals surface area contributed by atoms with E-state index in [1.807, 2.05) is 18.2 Å². The molecule has 1 fully saturated rings. The van der Waals surface area contributed by atoms with Crippen molar-refractivity contribution in [2.45, 2.75) is 37.6 Å². The van der Waals surface area contributed by atoms with Crippen molar-refractivity contribution in [2.75, 3.05) is 20.0 Å². The lowest BCUT2D eigenvalue weighted by Gasteiger charge is -2.39. The summed E-state index contributed by atoms with van der Waals surface area (Å²) in [5.41, 5.74) is 7.91. The summed E-state index contributed by atoms with van der Waals surface area (Å²) < 4.78 is 22.3. The van der Waals surface area contributed by atoms with Crippen LogP contribution in [0.25, 0.3) is 12.2 Å². The molecule has 8 heteroatoms. The third-order valence-electron chi connectivity index (χ3n) is 4.95. The van der Waals surface area contributed by atoms with Crippen molar-refractivity contribution in [3.05, 3.63) is 47.5 Å². The van der Waals surface area contributed by atoms with E-state index >= 15 is 0 Å². The van der Waals surface area contributed by atoms with Crippen molar-refractivity contribution < 1.29 is 34.3 Å². The number of hydrogen-bond donors (Lipinski definition) is 4. The van der Waals surface area contributed by atoms with E-state index in [-0.39, 0.29) is 0 Å². The molecule has 5 atom stereocenters. The first-order chi connectivity index (χ1) is 14.3. The highest BCUT2D eigenvalue weighted by Crippen LogP contribution is 2.39. The van der Waals surface area contributed by atoms with E-state index in [9.17, 15) is 15.3 Å². The number of nitrogens with two attached hydrogens (primary N) is 1. The molecular weight excluding hydrogens is 390 g/mol. The lowest BCUT2D eigenvalue weighted by molar-refractivity contribution is -0.268. The number of benzene rings is 2. The number of aliphatic hydroxyl groups is 3. The Labute approximate surface area is 175 Å². The van der Waals surface area contributed by atoms with Crippen LogP contribution < -0.4 is 19.9 Å². The second kappa shape index (κ2) is 9.36. The van der Waals surface area contributed by atoms with Gasteiger partial charge in [-0.3, -0.25) is 0 Å². The number of hydrogen-bond acceptors (Lipinski definition) is 8. The Morgan fingerprint density at radius 2 is 1.63 bits per heavy atom.